The van der Waals surface area contributed by atoms with Crippen LogP contribution in [0, 0.1) is 11.8 Å². The van der Waals surface area contributed by atoms with E-state index in [1.165, 1.54) is 4.68 Å². The molecule has 1 unspecified atom stereocenters. The van der Waals surface area contributed by atoms with E-state index in [-0.39, 0.29) is 23.8 Å². The van der Waals surface area contributed by atoms with Crippen LogP contribution in [0.4, 0.5) is 4.79 Å². The minimum Gasteiger partial charge on any atom is -0.364 e. The first-order valence-corrected chi connectivity index (χ1v) is 11.6. The van der Waals surface area contributed by atoms with Gasteiger partial charge in [0.05, 0.1) is 5.52 Å². The second kappa shape index (κ2) is 7.31. The summed E-state index contributed by atoms with van der Waals surface area (Å²) in [5.41, 5.74) is 6.43. The van der Waals surface area contributed by atoms with Crippen LogP contribution in [-0.2, 0) is 0 Å². The van der Waals surface area contributed by atoms with Gasteiger partial charge in [-0.15, -0.1) is 0 Å². The van der Waals surface area contributed by atoms with Crippen LogP contribution in [-0.4, -0.2) is 87.8 Å². The van der Waals surface area contributed by atoms with E-state index in [9.17, 15) is 9.59 Å². The summed E-state index contributed by atoms with van der Waals surface area (Å²) in [5.74, 6) is 0.489. The number of para-hydroxylation sites is 1. The number of primary amides is 1. The molecule has 0 spiro atoms. The SMILES string of the molecule is NC(=O)c1nn(C(=O)N(C2CN3CCC2CC3)[C@@H]2CN3CCC2CC3)c2ccccc12. The van der Waals surface area contributed by atoms with E-state index in [0.29, 0.717) is 22.7 Å². The van der Waals surface area contributed by atoms with Crippen LogP contribution in [0.2, 0.25) is 0 Å². The maximum absolute atomic E-state index is 14.2. The fourth-order valence-electron chi connectivity index (χ4n) is 6.53. The Hall–Kier alpha value is -2.45. The Balaban J connectivity index is 1.44. The van der Waals surface area contributed by atoms with Gasteiger partial charge in [0, 0.05) is 30.6 Å². The summed E-state index contributed by atoms with van der Waals surface area (Å²) in [6, 6.07) is 7.73. The van der Waals surface area contributed by atoms with E-state index in [1.807, 2.05) is 24.3 Å². The van der Waals surface area contributed by atoms with Gasteiger partial charge in [-0.25, -0.2) is 4.79 Å². The summed E-state index contributed by atoms with van der Waals surface area (Å²) in [6.45, 7) is 6.45. The molecule has 6 aliphatic heterocycles. The van der Waals surface area contributed by atoms with E-state index < -0.39 is 5.91 Å². The Morgan fingerprint density at radius 1 is 0.903 bits per heavy atom. The van der Waals surface area contributed by atoms with Gasteiger partial charge in [0.15, 0.2) is 5.69 Å². The second-order valence-corrected chi connectivity index (χ2v) is 9.74. The number of rotatable bonds is 3. The number of hydrogen-bond donors (Lipinski definition) is 1. The smallest absolute Gasteiger partial charge is 0.345 e. The molecule has 0 saturated carbocycles. The number of nitrogens with two attached hydrogens (primary N) is 1. The van der Waals surface area contributed by atoms with Crippen LogP contribution in [0.5, 0.6) is 0 Å². The quantitative estimate of drug-likeness (QED) is 0.812. The molecule has 164 valence electrons. The zero-order valence-corrected chi connectivity index (χ0v) is 17.8. The first-order valence-electron chi connectivity index (χ1n) is 11.6. The normalized spacial score (nSPS) is 34.2. The predicted octanol–water partition coefficient (Wildman–Crippen LogP) is 1.59. The zero-order valence-electron chi connectivity index (χ0n) is 17.8. The van der Waals surface area contributed by atoms with Gasteiger partial charge in [0.25, 0.3) is 5.91 Å². The molecule has 2 aromatic rings. The standard InChI is InChI=1S/C23H30N6O2/c24-22(30)21-17-3-1-2-4-18(17)29(25-21)23(31)28(19-13-26-9-5-15(19)6-10-26)20-14-27-11-7-16(20)8-12-27/h1-4,15-16,19-20H,5-14H2,(H2,24,30)/t19-,20?/m1/s1. The summed E-state index contributed by atoms with van der Waals surface area (Å²) in [5, 5.41) is 5.09. The molecular formula is C23H30N6O2. The van der Waals surface area contributed by atoms with E-state index in [1.54, 1.807) is 0 Å². The monoisotopic (exact) mass is 422 g/mol. The molecule has 8 rings (SSSR count). The van der Waals surface area contributed by atoms with Gasteiger partial charge in [0.1, 0.15) is 0 Å². The summed E-state index contributed by atoms with van der Waals surface area (Å²) in [7, 11) is 0. The first-order chi connectivity index (χ1) is 15.1. The Bertz CT molecular complexity index is 988. The topological polar surface area (TPSA) is 87.7 Å². The highest BCUT2D eigenvalue weighted by atomic mass is 16.2. The Labute approximate surface area is 181 Å². The number of aromatic nitrogens is 2. The third-order valence-electron chi connectivity index (χ3n) is 8.18. The maximum atomic E-state index is 14.2. The fourth-order valence-corrected chi connectivity index (χ4v) is 6.53. The van der Waals surface area contributed by atoms with Crippen molar-refractivity contribution in [1.82, 2.24) is 24.5 Å². The molecule has 2 amide bonds. The van der Waals surface area contributed by atoms with Crippen molar-refractivity contribution in [3.63, 3.8) is 0 Å². The molecule has 31 heavy (non-hydrogen) atoms. The van der Waals surface area contributed by atoms with Crippen molar-refractivity contribution >= 4 is 22.8 Å². The van der Waals surface area contributed by atoms with Crippen molar-refractivity contribution < 1.29 is 9.59 Å². The van der Waals surface area contributed by atoms with Crippen molar-refractivity contribution in [3.8, 4) is 0 Å². The lowest BCUT2D eigenvalue weighted by molar-refractivity contribution is -0.0423. The molecule has 2 N–H and O–H groups in total. The minimum absolute atomic E-state index is 0.0961. The molecule has 1 aromatic carbocycles. The van der Waals surface area contributed by atoms with E-state index in [2.05, 4.69) is 19.8 Å². The number of piperidine rings is 6. The average molecular weight is 423 g/mol. The zero-order chi connectivity index (χ0) is 21.1. The number of carbonyl (C=O) groups is 2. The molecule has 8 nitrogen and oxygen atoms in total. The number of fused-ring (bicyclic) bond motifs is 7. The largest absolute Gasteiger partial charge is 0.364 e. The van der Waals surface area contributed by atoms with Crippen LogP contribution >= 0.6 is 0 Å². The van der Waals surface area contributed by atoms with E-state index >= 15 is 0 Å². The maximum Gasteiger partial charge on any atom is 0.345 e. The van der Waals surface area contributed by atoms with Gasteiger partial charge < -0.3 is 20.4 Å². The lowest BCUT2D eigenvalue weighted by Crippen LogP contribution is -2.67. The van der Waals surface area contributed by atoms with E-state index in [0.717, 1.165) is 65.0 Å². The molecule has 2 atom stereocenters. The van der Waals surface area contributed by atoms with Gasteiger partial charge in [-0.3, -0.25) is 4.79 Å². The Morgan fingerprint density at radius 3 is 1.94 bits per heavy atom. The third-order valence-corrected chi connectivity index (χ3v) is 8.18. The first kappa shape index (κ1) is 19.3. The molecule has 0 radical (unpaired) electrons. The van der Waals surface area contributed by atoms with Crippen LogP contribution in [0.1, 0.15) is 36.2 Å². The second-order valence-electron chi connectivity index (χ2n) is 9.74. The predicted molar refractivity (Wildman–Crippen MR) is 117 cm³/mol. The highest BCUT2D eigenvalue weighted by Gasteiger charge is 2.47. The number of benzene rings is 1. The number of carbonyl (C=O) groups excluding carboxylic acids is 2. The summed E-state index contributed by atoms with van der Waals surface area (Å²) in [6.07, 6.45) is 4.62. The molecule has 6 fully saturated rings. The molecule has 1 aromatic heterocycles. The Morgan fingerprint density at radius 2 is 1.45 bits per heavy atom. The van der Waals surface area contributed by atoms with Gasteiger partial charge >= 0.3 is 6.03 Å². The molecule has 4 bridgehead atoms. The number of amides is 2. The molecule has 6 saturated heterocycles. The molecular weight excluding hydrogens is 392 g/mol. The molecule has 7 heterocycles. The van der Waals surface area contributed by atoms with Crippen molar-refractivity contribution in [2.24, 2.45) is 17.6 Å². The lowest BCUT2D eigenvalue weighted by atomic mass is 9.78. The fraction of sp³-hybridized carbons (Fsp3) is 0.609. The van der Waals surface area contributed by atoms with Gasteiger partial charge in [-0.05, 0) is 69.8 Å². The third kappa shape index (κ3) is 3.07. The van der Waals surface area contributed by atoms with Crippen LogP contribution < -0.4 is 5.73 Å². The molecule has 0 aliphatic carbocycles. The van der Waals surface area contributed by atoms with Crippen LogP contribution in [0.15, 0.2) is 24.3 Å². The average Bonchev–Trinajstić information content (AvgIpc) is 3.21. The van der Waals surface area contributed by atoms with Crippen molar-refractivity contribution in [2.75, 3.05) is 39.3 Å². The Kier molecular flexibility index (Phi) is 4.54. The van der Waals surface area contributed by atoms with Gasteiger partial charge in [-0.2, -0.15) is 9.78 Å². The summed E-state index contributed by atoms with van der Waals surface area (Å²) in [4.78, 5) is 33.4. The highest BCUT2D eigenvalue weighted by Crippen LogP contribution is 2.38. The summed E-state index contributed by atoms with van der Waals surface area (Å²) < 4.78 is 1.45. The molecule has 6 aliphatic rings. The number of hydrogen-bond acceptors (Lipinski definition) is 5. The van der Waals surface area contributed by atoms with Crippen molar-refractivity contribution in [1.29, 1.82) is 0 Å². The lowest BCUT2D eigenvalue weighted by Gasteiger charge is -2.55. The van der Waals surface area contributed by atoms with Crippen molar-refractivity contribution in [2.45, 2.75) is 37.8 Å². The number of nitrogens with zero attached hydrogens (tertiary/aromatic N) is 5. The summed E-state index contributed by atoms with van der Waals surface area (Å²) >= 11 is 0. The van der Waals surface area contributed by atoms with Crippen molar-refractivity contribution in [3.05, 3.63) is 30.0 Å². The van der Waals surface area contributed by atoms with Crippen LogP contribution in [0.25, 0.3) is 10.9 Å². The van der Waals surface area contributed by atoms with E-state index in [4.69, 9.17) is 5.73 Å². The highest BCUT2D eigenvalue weighted by molar-refractivity contribution is 6.06. The minimum atomic E-state index is -0.597. The molecule has 8 heteroatoms. The van der Waals surface area contributed by atoms with Gasteiger partial charge in [-0.1, -0.05) is 18.2 Å². The van der Waals surface area contributed by atoms with Gasteiger partial charge in [0.2, 0.25) is 0 Å². The van der Waals surface area contributed by atoms with Crippen LogP contribution in [0.3, 0.4) is 0 Å².